The van der Waals surface area contributed by atoms with Crippen LogP contribution in [0, 0.1) is 10.1 Å². The molecular formula is C15H18N6O3. The molecule has 3 heterocycles. The number of ether oxygens (including phenoxy) is 1. The van der Waals surface area contributed by atoms with Gasteiger partial charge in [-0.25, -0.2) is 9.97 Å². The number of rotatable bonds is 5. The van der Waals surface area contributed by atoms with Gasteiger partial charge in [-0.2, -0.15) is 4.98 Å². The molecule has 0 bridgehead atoms. The standard InChI is InChI=1S/C15H18N6O3/c1-2-24-15-13(21(22)23)14(17-11-18-15)20-9-7-19(8-10-20)12-5-3-4-6-16-12/h3-6,11H,2,7-10H2,1H3. The van der Waals surface area contributed by atoms with Crippen LogP contribution in [0.25, 0.3) is 0 Å². The van der Waals surface area contributed by atoms with Crippen molar-refractivity contribution in [2.45, 2.75) is 6.92 Å². The zero-order chi connectivity index (χ0) is 16.9. The highest BCUT2D eigenvalue weighted by atomic mass is 16.6. The minimum absolute atomic E-state index is 0.0136. The SMILES string of the molecule is CCOc1ncnc(N2CCN(c3ccccn3)CC2)c1[N+](=O)[O-]. The van der Waals surface area contributed by atoms with E-state index < -0.39 is 4.92 Å². The van der Waals surface area contributed by atoms with Crippen LogP contribution in [0.1, 0.15) is 6.92 Å². The van der Waals surface area contributed by atoms with E-state index in [2.05, 4.69) is 19.9 Å². The number of nitrogens with zero attached hydrogens (tertiary/aromatic N) is 6. The van der Waals surface area contributed by atoms with E-state index in [9.17, 15) is 10.1 Å². The molecule has 0 spiro atoms. The summed E-state index contributed by atoms with van der Waals surface area (Å²) in [5, 5.41) is 11.4. The van der Waals surface area contributed by atoms with Crippen LogP contribution in [0.15, 0.2) is 30.7 Å². The van der Waals surface area contributed by atoms with Crippen molar-refractivity contribution >= 4 is 17.3 Å². The maximum absolute atomic E-state index is 11.4. The van der Waals surface area contributed by atoms with Gasteiger partial charge >= 0.3 is 5.69 Å². The van der Waals surface area contributed by atoms with Crippen molar-refractivity contribution in [1.29, 1.82) is 0 Å². The lowest BCUT2D eigenvalue weighted by Crippen LogP contribution is -2.47. The molecule has 9 heteroatoms. The van der Waals surface area contributed by atoms with Gasteiger partial charge in [0.1, 0.15) is 12.1 Å². The number of pyridine rings is 1. The fraction of sp³-hybridized carbons (Fsp3) is 0.400. The van der Waals surface area contributed by atoms with Crippen LogP contribution in [0.3, 0.4) is 0 Å². The second-order valence-electron chi connectivity index (χ2n) is 5.20. The van der Waals surface area contributed by atoms with Crippen molar-refractivity contribution in [2.75, 3.05) is 42.6 Å². The van der Waals surface area contributed by atoms with E-state index in [0.717, 1.165) is 5.82 Å². The first-order valence-corrected chi connectivity index (χ1v) is 7.73. The van der Waals surface area contributed by atoms with Crippen LogP contribution in [-0.4, -0.2) is 52.7 Å². The van der Waals surface area contributed by atoms with Crippen molar-refractivity contribution in [3.63, 3.8) is 0 Å². The van der Waals surface area contributed by atoms with Gasteiger partial charge in [0.25, 0.3) is 5.88 Å². The summed E-state index contributed by atoms with van der Waals surface area (Å²) in [5.74, 6) is 1.23. The summed E-state index contributed by atoms with van der Waals surface area (Å²) in [6, 6.07) is 5.77. The molecule has 1 fully saturated rings. The molecule has 24 heavy (non-hydrogen) atoms. The lowest BCUT2D eigenvalue weighted by atomic mass is 10.3. The predicted octanol–water partition coefficient (Wildman–Crippen LogP) is 1.51. The van der Waals surface area contributed by atoms with Crippen LogP contribution in [0.2, 0.25) is 0 Å². The number of nitro groups is 1. The third kappa shape index (κ3) is 3.19. The van der Waals surface area contributed by atoms with Gasteiger partial charge in [-0.15, -0.1) is 0 Å². The van der Waals surface area contributed by atoms with Gasteiger partial charge in [-0.3, -0.25) is 10.1 Å². The van der Waals surface area contributed by atoms with Gasteiger partial charge in [0.2, 0.25) is 5.82 Å². The summed E-state index contributed by atoms with van der Waals surface area (Å²) in [6.07, 6.45) is 3.06. The quantitative estimate of drug-likeness (QED) is 0.601. The van der Waals surface area contributed by atoms with Crippen molar-refractivity contribution in [3.05, 3.63) is 40.8 Å². The molecule has 1 saturated heterocycles. The highest BCUT2D eigenvalue weighted by Crippen LogP contribution is 2.34. The molecule has 2 aromatic heterocycles. The zero-order valence-corrected chi connectivity index (χ0v) is 13.3. The maximum atomic E-state index is 11.4. The molecule has 9 nitrogen and oxygen atoms in total. The van der Waals surface area contributed by atoms with Gasteiger partial charge in [-0.05, 0) is 19.1 Å². The average Bonchev–Trinajstić information content (AvgIpc) is 2.62. The van der Waals surface area contributed by atoms with Crippen LogP contribution in [-0.2, 0) is 0 Å². The van der Waals surface area contributed by atoms with Crippen molar-refractivity contribution in [3.8, 4) is 5.88 Å². The second kappa shape index (κ2) is 7.07. The fourth-order valence-electron chi connectivity index (χ4n) is 2.68. The molecule has 126 valence electrons. The monoisotopic (exact) mass is 330 g/mol. The average molecular weight is 330 g/mol. The molecule has 0 radical (unpaired) electrons. The first-order chi connectivity index (χ1) is 11.7. The van der Waals surface area contributed by atoms with E-state index >= 15 is 0 Å². The summed E-state index contributed by atoms with van der Waals surface area (Å²) < 4.78 is 5.28. The third-order valence-corrected chi connectivity index (χ3v) is 3.79. The molecule has 2 aromatic rings. The van der Waals surface area contributed by atoms with E-state index in [4.69, 9.17) is 4.74 Å². The highest BCUT2D eigenvalue weighted by Gasteiger charge is 2.30. The molecule has 3 rings (SSSR count). The molecule has 0 aliphatic carbocycles. The summed E-state index contributed by atoms with van der Waals surface area (Å²) >= 11 is 0. The number of aromatic nitrogens is 3. The third-order valence-electron chi connectivity index (χ3n) is 3.79. The number of hydrogen-bond donors (Lipinski definition) is 0. The Bertz CT molecular complexity index is 704. The van der Waals surface area contributed by atoms with Crippen LogP contribution in [0.4, 0.5) is 17.3 Å². The van der Waals surface area contributed by atoms with Gasteiger partial charge in [0.05, 0.1) is 11.5 Å². The van der Waals surface area contributed by atoms with E-state index in [0.29, 0.717) is 38.6 Å². The molecule has 1 aliphatic rings. The number of hydrogen-bond acceptors (Lipinski definition) is 8. The Morgan fingerprint density at radius 3 is 2.54 bits per heavy atom. The molecule has 0 amide bonds. The number of piperazine rings is 1. The topological polar surface area (TPSA) is 97.5 Å². The first kappa shape index (κ1) is 15.9. The Hall–Kier alpha value is -2.97. The summed E-state index contributed by atoms with van der Waals surface area (Å²) in [6.45, 7) is 4.71. The summed E-state index contributed by atoms with van der Waals surface area (Å²) in [7, 11) is 0. The summed E-state index contributed by atoms with van der Waals surface area (Å²) in [4.78, 5) is 27.3. The Morgan fingerprint density at radius 2 is 1.92 bits per heavy atom. The Labute approximate surface area is 139 Å². The lowest BCUT2D eigenvalue weighted by Gasteiger charge is -2.35. The van der Waals surface area contributed by atoms with Gasteiger partial charge < -0.3 is 14.5 Å². The van der Waals surface area contributed by atoms with Gasteiger partial charge in [-0.1, -0.05) is 6.07 Å². The van der Waals surface area contributed by atoms with E-state index in [1.54, 1.807) is 13.1 Å². The lowest BCUT2D eigenvalue weighted by molar-refractivity contribution is -0.385. The smallest absolute Gasteiger partial charge is 0.372 e. The Morgan fingerprint density at radius 1 is 1.17 bits per heavy atom. The van der Waals surface area contributed by atoms with Crippen molar-refractivity contribution in [2.24, 2.45) is 0 Å². The van der Waals surface area contributed by atoms with Crippen LogP contribution >= 0.6 is 0 Å². The molecule has 0 atom stereocenters. The maximum Gasteiger partial charge on any atom is 0.372 e. The van der Waals surface area contributed by atoms with Crippen LogP contribution < -0.4 is 14.5 Å². The van der Waals surface area contributed by atoms with Crippen LogP contribution in [0.5, 0.6) is 5.88 Å². The minimum atomic E-state index is -0.481. The van der Waals surface area contributed by atoms with Crippen molar-refractivity contribution in [1.82, 2.24) is 15.0 Å². The largest absolute Gasteiger partial charge is 0.473 e. The normalized spacial score (nSPS) is 14.5. The molecule has 0 aromatic carbocycles. The molecule has 1 aliphatic heterocycles. The Balaban J connectivity index is 1.79. The van der Waals surface area contributed by atoms with E-state index in [1.807, 2.05) is 23.1 Å². The second-order valence-corrected chi connectivity index (χ2v) is 5.20. The van der Waals surface area contributed by atoms with E-state index in [1.165, 1.54) is 6.33 Å². The predicted molar refractivity (Wildman–Crippen MR) is 88.5 cm³/mol. The molecule has 0 saturated carbocycles. The number of anilines is 2. The molecular weight excluding hydrogens is 312 g/mol. The minimum Gasteiger partial charge on any atom is -0.473 e. The first-order valence-electron chi connectivity index (χ1n) is 7.73. The van der Waals surface area contributed by atoms with Crippen molar-refractivity contribution < 1.29 is 9.66 Å². The van der Waals surface area contributed by atoms with Gasteiger partial charge in [0.15, 0.2) is 0 Å². The molecule has 0 N–H and O–H groups in total. The van der Waals surface area contributed by atoms with Gasteiger partial charge in [0, 0.05) is 32.4 Å². The highest BCUT2D eigenvalue weighted by molar-refractivity contribution is 5.63. The fourth-order valence-corrected chi connectivity index (χ4v) is 2.68. The summed E-state index contributed by atoms with van der Waals surface area (Å²) in [5.41, 5.74) is -0.175. The Kier molecular flexibility index (Phi) is 4.69. The molecule has 0 unspecified atom stereocenters. The van der Waals surface area contributed by atoms with E-state index in [-0.39, 0.29) is 11.6 Å². The zero-order valence-electron chi connectivity index (χ0n) is 13.3.